The van der Waals surface area contributed by atoms with Crippen LogP contribution in [0.4, 0.5) is 0 Å². The number of rotatable bonds is 4. The number of fused-ring (bicyclic) bond motifs is 1. The van der Waals surface area contributed by atoms with Crippen LogP contribution in [0, 0.1) is 0 Å². The molecule has 5 heteroatoms. The fourth-order valence-corrected chi connectivity index (χ4v) is 2.38. The lowest BCUT2D eigenvalue weighted by atomic mass is 10.1. The summed E-state index contributed by atoms with van der Waals surface area (Å²) in [6.07, 6.45) is 3.27. The molecule has 102 valence electrons. The maximum Gasteiger partial charge on any atom is 0.134 e. The first kappa shape index (κ1) is 13.1. The molecule has 3 aromatic rings. The Labute approximate surface area is 121 Å². The van der Waals surface area contributed by atoms with Crippen LogP contribution in [0.2, 0.25) is 5.02 Å². The van der Waals surface area contributed by atoms with Gasteiger partial charge in [-0.3, -0.25) is 0 Å². The highest BCUT2D eigenvalue weighted by molar-refractivity contribution is 6.31. The van der Waals surface area contributed by atoms with Gasteiger partial charge in [0.05, 0.1) is 5.69 Å². The Bertz CT molecular complexity index is 711. The number of aromatic nitrogens is 2. The van der Waals surface area contributed by atoms with E-state index in [2.05, 4.69) is 15.3 Å². The van der Waals surface area contributed by atoms with E-state index in [1.165, 1.54) is 0 Å². The van der Waals surface area contributed by atoms with Crippen LogP contribution in [-0.4, -0.2) is 16.5 Å². The molecule has 20 heavy (non-hydrogen) atoms. The van der Waals surface area contributed by atoms with E-state index in [1.807, 2.05) is 37.3 Å². The molecule has 0 spiro atoms. The molecule has 2 aromatic heterocycles. The molecular formula is C15H14ClN3O. The number of halogens is 1. The van der Waals surface area contributed by atoms with E-state index >= 15 is 0 Å². The van der Waals surface area contributed by atoms with Crippen LogP contribution < -0.4 is 5.32 Å². The van der Waals surface area contributed by atoms with E-state index in [9.17, 15) is 0 Å². The van der Waals surface area contributed by atoms with Crippen LogP contribution in [0.5, 0.6) is 0 Å². The van der Waals surface area contributed by atoms with Crippen LogP contribution in [0.25, 0.3) is 11.0 Å². The normalized spacial score (nSPS) is 12.7. The second-order valence-electron chi connectivity index (χ2n) is 4.46. The molecule has 0 aliphatic carbocycles. The number of hydrogen-bond acceptors (Lipinski definition) is 4. The van der Waals surface area contributed by atoms with Gasteiger partial charge in [-0.1, -0.05) is 18.5 Å². The molecule has 3 rings (SSSR count). The summed E-state index contributed by atoms with van der Waals surface area (Å²) >= 11 is 6.01. The molecule has 2 heterocycles. The summed E-state index contributed by atoms with van der Waals surface area (Å²) < 4.78 is 5.91. The maximum atomic E-state index is 6.01. The minimum Gasteiger partial charge on any atom is -0.459 e. The zero-order chi connectivity index (χ0) is 13.9. The Kier molecular flexibility index (Phi) is 3.67. The van der Waals surface area contributed by atoms with Crippen molar-refractivity contribution in [2.24, 2.45) is 0 Å². The van der Waals surface area contributed by atoms with Gasteiger partial charge in [-0.25, -0.2) is 9.97 Å². The molecule has 0 saturated carbocycles. The first-order valence-corrected chi connectivity index (χ1v) is 6.84. The molecule has 1 atom stereocenters. The minimum absolute atomic E-state index is 0.0887. The molecule has 0 bridgehead atoms. The fraction of sp³-hybridized carbons (Fsp3) is 0.200. The van der Waals surface area contributed by atoms with E-state index < -0.39 is 0 Å². The number of furan rings is 1. The first-order valence-electron chi connectivity index (χ1n) is 6.46. The van der Waals surface area contributed by atoms with E-state index in [0.717, 1.165) is 29.0 Å². The van der Waals surface area contributed by atoms with Crippen molar-refractivity contribution in [1.29, 1.82) is 0 Å². The molecule has 0 aliphatic heterocycles. The summed E-state index contributed by atoms with van der Waals surface area (Å²) in [4.78, 5) is 8.25. The molecule has 1 aromatic carbocycles. The quantitative estimate of drug-likeness (QED) is 0.797. The molecule has 0 saturated heterocycles. The third-order valence-corrected chi connectivity index (χ3v) is 3.33. The number of nitrogens with one attached hydrogen (secondary N) is 1. The average molecular weight is 288 g/mol. The third kappa shape index (κ3) is 2.53. The van der Waals surface area contributed by atoms with Crippen molar-refractivity contribution < 1.29 is 4.42 Å². The van der Waals surface area contributed by atoms with Crippen molar-refractivity contribution >= 4 is 22.6 Å². The van der Waals surface area contributed by atoms with Gasteiger partial charge in [0, 0.05) is 16.6 Å². The SMILES string of the molecule is CCNC(c1ccncn1)c1cc2cc(Cl)ccc2o1. The van der Waals surface area contributed by atoms with E-state index in [0.29, 0.717) is 5.02 Å². The van der Waals surface area contributed by atoms with Crippen LogP contribution >= 0.6 is 11.6 Å². The van der Waals surface area contributed by atoms with Crippen molar-refractivity contribution in [3.05, 3.63) is 59.3 Å². The van der Waals surface area contributed by atoms with Gasteiger partial charge in [-0.05, 0) is 36.9 Å². The largest absolute Gasteiger partial charge is 0.459 e. The van der Waals surface area contributed by atoms with Gasteiger partial charge in [0.15, 0.2) is 0 Å². The van der Waals surface area contributed by atoms with Gasteiger partial charge in [0.2, 0.25) is 0 Å². The van der Waals surface area contributed by atoms with E-state index in [1.54, 1.807) is 12.5 Å². The Morgan fingerprint density at radius 1 is 1.30 bits per heavy atom. The van der Waals surface area contributed by atoms with Gasteiger partial charge in [0.1, 0.15) is 23.7 Å². The van der Waals surface area contributed by atoms with Gasteiger partial charge in [-0.15, -0.1) is 0 Å². The van der Waals surface area contributed by atoms with Crippen LogP contribution in [0.1, 0.15) is 24.4 Å². The predicted octanol–water partition coefficient (Wildman–Crippen LogP) is 3.58. The van der Waals surface area contributed by atoms with E-state index in [4.69, 9.17) is 16.0 Å². The standard InChI is InChI=1S/C15H14ClN3O/c1-2-18-15(12-5-6-17-9-19-12)14-8-10-7-11(16)3-4-13(10)20-14/h3-9,15,18H,2H2,1H3. The molecule has 0 radical (unpaired) electrons. The highest BCUT2D eigenvalue weighted by Gasteiger charge is 2.18. The Hall–Kier alpha value is -1.91. The van der Waals surface area contributed by atoms with Crippen molar-refractivity contribution in [2.45, 2.75) is 13.0 Å². The highest BCUT2D eigenvalue weighted by atomic mass is 35.5. The Balaban J connectivity index is 2.05. The molecule has 1 unspecified atom stereocenters. The lowest BCUT2D eigenvalue weighted by Crippen LogP contribution is -2.22. The monoisotopic (exact) mass is 287 g/mol. The van der Waals surface area contributed by atoms with Crippen LogP contribution in [0.3, 0.4) is 0 Å². The second-order valence-corrected chi connectivity index (χ2v) is 4.89. The molecule has 4 nitrogen and oxygen atoms in total. The smallest absolute Gasteiger partial charge is 0.134 e. The summed E-state index contributed by atoms with van der Waals surface area (Å²) in [5, 5.41) is 5.06. The third-order valence-electron chi connectivity index (χ3n) is 3.09. The van der Waals surface area contributed by atoms with Crippen molar-refractivity contribution in [2.75, 3.05) is 6.54 Å². The maximum absolute atomic E-state index is 6.01. The Morgan fingerprint density at radius 3 is 2.95 bits per heavy atom. The Morgan fingerprint density at radius 2 is 2.20 bits per heavy atom. The second kappa shape index (κ2) is 5.61. The van der Waals surface area contributed by atoms with Crippen molar-refractivity contribution in [1.82, 2.24) is 15.3 Å². The van der Waals surface area contributed by atoms with Gasteiger partial charge >= 0.3 is 0 Å². The molecule has 0 amide bonds. The lowest BCUT2D eigenvalue weighted by molar-refractivity contribution is 0.470. The van der Waals surface area contributed by atoms with Crippen molar-refractivity contribution in [3.63, 3.8) is 0 Å². The number of nitrogens with zero attached hydrogens (tertiary/aromatic N) is 2. The van der Waals surface area contributed by atoms with E-state index in [-0.39, 0.29) is 6.04 Å². The molecule has 0 fully saturated rings. The zero-order valence-corrected chi connectivity index (χ0v) is 11.8. The van der Waals surface area contributed by atoms with Gasteiger partial charge in [0.25, 0.3) is 0 Å². The zero-order valence-electron chi connectivity index (χ0n) is 11.0. The fourth-order valence-electron chi connectivity index (χ4n) is 2.20. The molecule has 0 aliphatic rings. The number of benzene rings is 1. The van der Waals surface area contributed by atoms with Gasteiger partial charge in [-0.2, -0.15) is 0 Å². The summed E-state index contributed by atoms with van der Waals surface area (Å²) in [6, 6.07) is 9.39. The average Bonchev–Trinajstić information content (AvgIpc) is 2.88. The van der Waals surface area contributed by atoms with Crippen molar-refractivity contribution in [3.8, 4) is 0 Å². The first-order chi connectivity index (χ1) is 9.78. The van der Waals surface area contributed by atoms with Crippen LogP contribution in [-0.2, 0) is 0 Å². The predicted molar refractivity (Wildman–Crippen MR) is 78.8 cm³/mol. The molecule has 1 N–H and O–H groups in total. The number of hydrogen-bond donors (Lipinski definition) is 1. The summed E-state index contributed by atoms with van der Waals surface area (Å²) in [5.74, 6) is 0.822. The topological polar surface area (TPSA) is 51.0 Å². The summed E-state index contributed by atoms with van der Waals surface area (Å²) in [7, 11) is 0. The van der Waals surface area contributed by atoms with Crippen LogP contribution in [0.15, 0.2) is 47.3 Å². The summed E-state index contributed by atoms with van der Waals surface area (Å²) in [5.41, 5.74) is 1.70. The summed E-state index contributed by atoms with van der Waals surface area (Å²) in [6.45, 7) is 2.86. The van der Waals surface area contributed by atoms with Gasteiger partial charge < -0.3 is 9.73 Å². The highest BCUT2D eigenvalue weighted by Crippen LogP contribution is 2.28. The molecular weight excluding hydrogens is 274 g/mol. The lowest BCUT2D eigenvalue weighted by Gasteiger charge is -2.14. The minimum atomic E-state index is -0.0887.